The highest BCUT2D eigenvalue weighted by Gasteiger charge is 2.33. The molecule has 0 bridgehead atoms. The molecule has 0 spiro atoms. The zero-order valence-electron chi connectivity index (χ0n) is 23.4. The van der Waals surface area contributed by atoms with Crippen molar-refractivity contribution in [2.24, 2.45) is 7.05 Å². The molecule has 9 nitrogen and oxygen atoms in total. The summed E-state index contributed by atoms with van der Waals surface area (Å²) in [6.07, 6.45) is 8.10. The summed E-state index contributed by atoms with van der Waals surface area (Å²) in [6, 6.07) is 6.73. The Hall–Kier alpha value is -3.72. The molecule has 2 aliphatic heterocycles. The highest BCUT2D eigenvalue weighted by molar-refractivity contribution is 5.99. The van der Waals surface area contributed by atoms with Crippen LogP contribution in [0.3, 0.4) is 0 Å². The molecule has 9 heteroatoms. The Labute approximate surface area is 228 Å². The second-order valence-corrected chi connectivity index (χ2v) is 11.7. The number of rotatable bonds is 3. The SMILES string of the molecule is Cc1ccc(-c2nn(C3CCOCC3)c3c2CN(C(=O)OC(C)(C)C)CC3)c2cnc(-c3cnn(C)c3)cc12. The molecule has 39 heavy (non-hydrogen) atoms. The number of amides is 1. The number of hydrogen-bond donors (Lipinski definition) is 0. The van der Waals surface area contributed by atoms with Crippen LogP contribution in [0.25, 0.3) is 33.3 Å². The first-order valence-corrected chi connectivity index (χ1v) is 13.7. The minimum absolute atomic E-state index is 0.283. The lowest BCUT2D eigenvalue weighted by atomic mass is 9.95. The van der Waals surface area contributed by atoms with Gasteiger partial charge >= 0.3 is 6.09 Å². The number of pyridine rings is 1. The van der Waals surface area contributed by atoms with Crippen molar-refractivity contribution < 1.29 is 14.3 Å². The monoisotopic (exact) mass is 528 g/mol. The summed E-state index contributed by atoms with van der Waals surface area (Å²) in [5.74, 6) is 0. The number of ether oxygens (including phenoxy) is 2. The molecule has 0 N–H and O–H groups in total. The smallest absolute Gasteiger partial charge is 0.410 e. The van der Waals surface area contributed by atoms with Crippen molar-refractivity contribution >= 4 is 16.9 Å². The maximum absolute atomic E-state index is 13.1. The largest absolute Gasteiger partial charge is 0.444 e. The van der Waals surface area contributed by atoms with Crippen LogP contribution in [0, 0.1) is 6.92 Å². The van der Waals surface area contributed by atoms with E-state index in [9.17, 15) is 4.79 Å². The highest BCUT2D eigenvalue weighted by atomic mass is 16.6. The summed E-state index contributed by atoms with van der Waals surface area (Å²) >= 11 is 0. The lowest BCUT2D eigenvalue weighted by molar-refractivity contribution is 0.0221. The maximum atomic E-state index is 13.1. The van der Waals surface area contributed by atoms with Gasteiger partial charge in [-0.05, 0) is 57.6 Å². The Balaban J connectivity index is 1.46. The second kappa shape index (κ2) is 9.79. The van der Waals surface area contributed by atoms with Gasteiger partial charge in [-0.3, -0.25) is 14.3 Å². The molecule has 4 aromatic rings. The Morgan fingerprint density at radius 2 is 1.92 bits per heavy atom. The fourth-order valence-electron chi connectivity index (χ4n) is 5.68. The standard InChI is InChI=1S/C30H36N6O3/c1-19-6-7-22(24-16-31-26(14-23(19)24)20-15-32-34(5)17-20)28-25-18-35(29(37)39-30(2,3)4)11-8-27(25)36(33-28)21-9-12-38-13-10-21/h6-7,14-17,21H,8-13,18H2,1-5H3. The third-order valence-electron chi connectivity index (χ3n) is 7.65. The van der Waals surface area contributed by atoms with E-state index in [1.165, 1.54) is 11.3 Å². The van der Waals surface area contributed by atoms with E-state index >= 15 is 0 Å². The maximum Gasteiger partial charge on any atom is 0.410 e. The average molecular weight is 529 g/mol. The molecule has 204 valence electrons. The summed E-state index contributed by atoms with van der Waals surface area (Å²) in [7, 11) is 1.91. The highest BCUT2D eigenvalue weighted by Crippen LogP contribution is 2.38. The molecule has 6 rings (SSSR count). The lowest BCUT2D eigenvalue weighted by Crippen LogP contribution is -2.40. The van der Waals surface area contributed by atoms with E-state index in [2.05, 4.69) is 34.9 Å². The molecule has 1 saturated heterocycles. The van der Waals surface area contributed by atoms with Crippen molar-refractivity contribution in [1.82, 2.24) is 29.4 Å². The Morgan fingerprint density at radius 1 is 1.13 bits per heavy atom. The van der Waals surface area contributed by atoms with Crippen LogP contribution in [-0.4, -0.2) is 60.9 Å². The van der Waals surface area contributed by atoms with E-state index in [0.29, 0.717) is 19.1 Å². The van der Waals surface area contributed by atoms with E-state index in [0.717, 1.165) is 71.3 Å². The Morgan fingerprint density at radius 3 is 2.64 bits per heavy atom. The third-order valence-corrected chi connectivity index (χ3v) is 7.65. The van der Waals surface area contributed by atoms with Crippen LogP contribution in [0.2, 0.25) is 0 Å². The number of benzene rings is 1. The second-order valence-electron chi connectivity index (χ2n) is 11.7. The number of fused-ring (bicyclic) bond motifs is 2. The molecular formula is C30H36N6O3. The molecule has 1 aromatic carbocycles. The van der Waals surface area contributed by atoms with Gasteiger partial charge < -0.3 is 14.4 Å². The predicted octanol–water partition coefficient (Wildman–Crippen LogP) is 5.45. The minimum Gasteiger partial charge on any atom is -0.444 e. The van der Waals surface area contributed by atoms with Crippen LogP contribution in [-0.2, 0) is 29.5 Å². The quantitative estimate of drug-likeness (QED) is 0.351. The summed E-state index contributed by atoms with van der Waals surface area (Å²) in [5.41, 5.74) is 6.77. The van der Waals surface area contributed by atoms with Crippen molar-refractivity contribution in [3.63, 3.8) is 0 Å². The molecule has 1 fully saturated rings. The Bertz CT molecular complexity index is 1540. The van der Waals surface area contributed by atoms with Crippen molar-refractivity contribution in [3.05, 3.63) is 53.6 Å². The molecule has 0 aliphatic carbocycles. The fourth-order valence-corrected chi connectivity index (χ4v) is 5.68. The molecule has 0 atom stereocenters. The molecule has 5 heterocycles. The molecule has 1 amide bonds. The molecule has 3 aromatic heterocycles. The van der Waals surface area contributed by atoms with Gasteiger partial charge in [-0.1, -0.05) is 12.1 Å². The number of carbonyl (C=O) groups excluding carboxylic acids is 1. The molecule has 2 aliphatic rings. The first-order valence-electron chi connectivity index (χ1n) is 13.7. The topological polar surface area (TPSA) is 87.3 Å². The number of aromatic nitrogens is 5. The van der Waals surface area contributed by atoms with Gasteiger partial charge in [-0.25, -0.2) is 4.79 Å². The summed E-state index contributed by atoms with van der Waals surface area (Å²) < 4.78 is 15.4. The van der Waals surface area contributed by atoms with Gasteiger partial charge in [0.25, 0.3) is 0 Å². The van der Waals surface area contributed by atoms with Crippen molar-refractivity contribution in [2.45, 2.75) is 65.1 Å². The van der Waals surface area contributed by atoms with E-state index < -0.39 is 5.60 Å². The van der Waals surface area contributed by atoms with Crippen LogP contribution in [0.5, 0.6) is 0 Å². The zero-order valence-corrected chi connectivity index (χ0v) is 23.4. The normalized spacial score (nSPS) is 16.5. The average Bonchev–Trinajstić information content (AvgIpc) is 3.52. The lowest BCUT2D eigenvalue weighted by Gasteiger charge is -2.31. The van der Waals surface area contributed by atoms with Gasteiger partial charge in [0.15, 0.2) is 0 Å². The van der Waals surface area contributed by atoms with Gasteiger partial charge in [0.1, 0.15) is 5.60 Å². The number of carbonyl (C=O) groups is 1. The molecular weight excluding hydrogens is 492 g/mol. The van der Waals surface area contributed by atoms with Crippen LogP contribution in [0.4, 0.5) is 4.79 Å². The summed E-state index contributed by atoms with van der Waals surface area (Å²) in [6.45, 7) is 10.4. The molecule has 0 radical (unpaired) electrons. The van der Waals surface area contributed by atoms with Gasteiger partial charge in [-0.15, -0.1) is 0 Å². The van der Waals surface area contributed by atoms with E-state index in [4.69, 9.17) is 19.6 Å². The summed E-state index contributed by atoms with van der Waals surface area (Å²) in [5, 5.41) is 11.8. The van der Waals surface area contributed by atoms with Crippen LogP contribution < -0.4 is 0 Å². The first-order chi connectivity index (χ1) is 18.7. The molecule has 0 unspecified atom stereocenters. The van der Waals surface area contributed by atoms with E-state index in [-0.39, 0.29) is 6.09 Å². The van der Waals surface area contributed by atoms with Crippen LogP contribution >= 0.6 is 0 Å². The van der Waals surface area contributed by atoms with E-state index in [1.807, 2.05) is 51.3 Å². The summed E-state index contributed by atoms with van der Waals surface area (Å²) in [4.78, 5) is 19.7. The van der Waals surface area contributed by atoms with E-state index in [1.54, 1.807) is 4.68 Å². The fraction of sp³-hybridized carbons (Fsp3) is 0.467. The van der Waals surface area contributed by atoms with Crippen LogP contribution in [0.15, 0.2) is 36.8 Å². The first kappa shape index (κ1) is 25.6. The zero-order chi connectivity index (χ0) is 27.3. The van der Waals surface area contributed by atoms with Gasteiger partial charge in [0.2, 0.25) is 0 Å². The van der Waals surface area contributed by atoms with Crippen molar-refractivity contribution in [2.75, 3.05) is 19.8 Å². The van der Waals surface area contributed by atoms with Gasteiger partial charge in [0.05, 0.1) is 30.2 Å². The van der Waals surface area contributed by atoms with Crippen LogP contribution in [0.1, 0.15) is 56.5 Å². The predicted molar refractivity (Wildman–Crippen MR) is 149 cm³/mol. The Kier molecular flexibility index (Phi) is 6.41. The van der Waals surface area contributed by atoms with Gasteiger partial charge in [-0.2, -0.15) is 10.2 Å². The molecule has 0 saturated carbocycles. The number of nitrogens with zero attached hydrogens (tertiary/aromatic N) is 6. The van der Waals surface area contributed by atoms with Crippen molar-refractivity contribution in [3.8, 4) is 22.5 Å². The van der Waals surface area contributed by atoms with Crippen molar-refractivity contribution in [1.29, 1.82) is 0 Å². The third kappa shape index (κ3) is 4.91. The number of hydrogen-bond acceptors (Lipinski definition) is 6. The minimum atomic E-state index is -0.544. The number of aryl methyl sites for hydroxylation is 2. The van der Waals surface area contributed by atoms with Gasteiger partial charge in [0, 0.05) is 73.4 Å².